The molecule has 8 nitrogen and oxygen atoms in total. The van der Waals surface area contributed by atoms with Gasteiger partial charge in [0, 0.05) is 20.4 Å². The molecule has 0 aliphatic heterocycles. The summed E-state index contributed by atoms with van der Waals surface area (Å²) in [6.45, 7) is 1.34. The zero-order valence-corrected chi connectivity index (χ0v) is 12.8. The van der Waals surface area contributed by atoms with E-state index in [1.807, 2.05) is 4.68 Å². The fourth-order valence-corrected chi connectivity index (χ4v) is 2.76. The minimum Gasteiger partial charge on any atom is -0.383 e. The number of carbonyl (C=O) groups is 1. The molecule has 22 heavy (non-hydrogen) atoms. The van der Waals surface area contributed by atoms with Gasteiger partial charge in [-0.1, -0.05) is 5.21 Å². The van der Waals surface area contributed by atoms with Crippen molar-refractivity contribution >= 4 is 5.91 Å². The van der Waals surface area contributed by atoms with Gasteiger partial charge in [0.2, 0.25) is 0 Å². The maximum atomic E-state index is 12.3. The van der Waals surface area contributed by atoms with Crippen LogP contribution in [0.3, 0.4) is 0 Å². The average Bonchev–Trinajstić information content (AvgIpc) is 3.11. The molecule has 1 N–H and O–H groups in total. The highest BCUT2D eigenvalue weighted by Gasteiger charge is 2.26. The molecule has 2 aromatic rings. The van der Waals surface area contributed by atoms with Crippen molar-refractivity contribution in [2.24, 2.45) is 7.05 Å². The van der Waals surface area contributed by atoms with Crippen molar-refractivity contribution < 1.29 is 9.53 Å². The Morgan fingerprint density at radius 3 is 3.14 bits per heavy atom. The summed E-state index contributed by atoms with van der Waals surface area (Å²) in [5.41, 5.74) is 2.62. The predicted molar refractivity (Wildman–Crippen MR) is 78.3 cm³/mol. The maximum absolute atomic E-state index is 12.3. The van der Waals surface area contributed by atoms with E-state index < -0.39 is 0 Å². The van der Waals surface area contributed by atoms with Gasteiger partial charge in [0.1, 0.15) is 5.69 Å². The van der Waals surface area contributed by atoms with Crippen LogP contribution in [0.2, 0.25) is 0 Å². The third kappa shape index (κ3) is 2.87. The van der Waals surface area contributed by atoms with E-state index >= 15 is 0 Å². The van der Waals surface area contributed by atoms with Crippen molar-refractivity contribution in [3.05, 3.63) is 29.3 Å². The summed E-state index contributed by atoms with van der Waals surface area (Å²) < 4.78 is 8.45. The van der Waals surface area contributed by atoms with Crippen molar-refractivity contribution in [3.63, 3.8) is 0 Å². The molecule has 0 radical (unpaired) electrons. The van der Waals surface area contributed by atoms with Crippen LogP contribution in [0.25, 0.3) is 0 Å². The lowest BCUT2D eigenvalue weighted by atomic mass is 9.93. The van der Waals surface area contributed by atoms with Gasteiger partial charge in [-0.05, 0) is 24.8 Å². The zero-order valence-electron chi connectivity index (χ0n) is 12.8. The van der Waals surface area contributed by atoms with Crippen LogP contribution >= 0.6 is 0 Å². The lowest BCUT2D eigenvalue weighted by Crippen LogP contribution is -2.32. The van der Waals surface area contributed by atoms with Crippen LogP contribution in [0, 0.1) is 0 Å². The Labute approximate surface area is 128 Å². The number of fused-ring (bicyclic) bond motifs is 1. The van der Waals surface area contributed by atoms with Crippen molar-refractivity contribution in [1.29, 1.82) is 0 Å². The molecule has 0 saturated heterocycles. The van der Waals surface area contributed by atoms with Crippen LogP contribution in [-0.2, 0) is 24.8 Å². The molecule has 0 spiro atoms. The van der Waals surface area contributed by atoms with Gasteiger partial charge in [-0.3, -0.25) is 9.48 Å². The van der Waals surface area contributed by atoms with Crippen LogP contribution in [0.1, 0.15) is 40.6 Å². The van der Waals surface area contributed by atoms with Crippen LogP contribution in [0.4, 0.5) is 0 Å². The largest absolute Gasteiger partial charge is 0.383 e. The molecule has 1 aliphatic rings. The van der Waals surface area contributed by atoms with E-state index in [0.717, 1.165) is 31.5 Å². The Morgan fingerprint density at radius 1 is 1.55 bits per heavy atom. The Morgan fingerprint density at radius 2 is 2.41 bits per heavy atom. The second-order valence-corrected chi connectivity index (χ2v) is 5.46. The molecule has 2 aromatic heterocycles. The van der Waals surface area contributed by atoms with Crippen LogP contribution in [0.15, 0.2) is 12.4 Å². The summed E-state index contributed by atoms with van der Waals surface area (Å²) in [5, 5.41) is 15.2. The lowest BCUT2D eigenvalue weighted by Gasteiger charge is -2.22. The number of hydrogen-bond donors (Lipinski definition) is 1. The molecule has 118 valence electrons. The van der Waals surface area contributed by atoms with Gasteiger partial charge in [-0.2, -0.15) is 5.10 Å². The number of aromatic nitrogens is 5. The van der Waals surface area contributed by atoms with E-state index in [4.69, 9.17) is 4.74 Å². The third-order valence-corrected chi connectivity index (χ3v) is 3.92. The summed E-state index contributed by atoms with van der Waals surface area (Å²) in [6, 6.07) is -0.0602. The number of amides is 1. The molecule has 0 saturated carbocycles. The molecule has 3 rings (SSSR count). The molecule has 0 aromatic carbocycles. The number of rotatable bonds is 5. The summed E-state index contributed by atoms with van der Waals surface area (Å²) >= 11 is 0. The van der Waals surface area contributed by atoms with E-state index in [9.17, 15) is 4.79 Å². The highest BCUT2D eigenvalue weighted by atomic mass is 16.5. The molecular weight excluding hydrogens is 284 g/mol. The monoisotopic (exact) mass is 304 g/mol. The highest BCUT2D eigenvalue weighted by Crippen LogP contribution is 2.28. The Balaban J connectivity index is 1.75. The number of nitrogens with one attached hydrogen (secondary N) is 1. The molecule has 0 unspecified atom stereocenters. The van der Waals surface area contributed by atoms with Gasteiger partial charge in [-0.15, -0.1) is 5.10 Å². The number of carbonyl (C=O) groups excluding carboxylic acids is 1. The zero-order chi connectivity index (χ0) is 15.5. The summed E-state index contributed by atoms with van der Waals surface area (Å²) in [4.78, 5) is 12.3. The summed E-state index contributed by atoms with van der Waals surface area (Å²) in [7, 11) is 3.38. The van der Waals surface area contributed by atoms with Gasteiger partial charge in [0.25, 0.3) is 5.91 Å². The molecule has 1 amide bonds. The minimum atomic E-state index is -0.170. The van der Waals surface area contributed by atoms with E-state index in [1.54, 1.807) is 14.2 Å². The van der Waals surface area contributed by atoms with Crippen LogP contribution in [-0.4, -0.2) is 44.4 Å². The molecular formula is C14H20N6O2. The minimum absolute atomic E-state index is 0.0602. The third-order valence-electron chi connectivity index (χ3n) is 3.92. The molecule has 1 atom stereocenters. The van der Waals surface area contributed by atoms with E-state index in [2.05, 4.69) is 26.9 Å². The number of aryl methyl sites for hydroxylation is 2. The van der Waals surface area contributed by atoms with Crippen molar-refractivity contribution in [2.75, 3.05) is 13.7 Å². The van der Waals surface area contributed by atoms with Crippen LogP contribution < -0.4 is 5.32 Å². The SMILES string of the molecule is COCCn1cc2c(n1)[C@H](NC(=O)c1cnnn1C)CCC2. The summed E-state index contributed by atoms with van der Waals surface area (Å²) in [6.07, 6.45) is 6.46. The normalized spacial score (nSPS) is 17.3. The smallest absolute Gasteiger partial charge is 0.271 e. The quantitative estimate of drug-likeness (QED) is 0.867. The fourth-order valence-electron chi connectivity index (χ4n) is 2.76. The number of hydrogen-bond acceptors (Lipinski definition) is 5. The summed E-state index contributed by atoms with van der Waals surface area (Å²) in [5.74, 6) is -0.170. The van der Waals surface area contributed by atoms with Crippen molar-refractivity contribution in [2.45, 2.75) is 31.8 Å². The standard InChI is InChI=1S/C14H20N6O2/c1-19-12(8-15-18-19)14(21)16-11-5-3-4-10-9-20(6-7-22-2)17-13(10)11/h8-9,11H,3-7H2,1-2H3,(H,16,21)/t11-/m1/s1. The molecule has 0 fully saturated rings. The van der Waals surface area contributed by atoms with Gasteiger partial charge >= 0.3 is 0 Å². The fraction of sp³-hybridized carbons (Fsp3) is 0.571. The van der Waals surface area contributed by atoms with E-state index in [-0.39, 0.29) is 11.9 Å². The van der Waals surface area contributed by atoms with Gasteiger partial charge in [-0.25, -0.2) is 4.68 Å². The molecule has 8 heteroatoms. The lowest BCUT2D eigenvalue weighted by molar-refractivity contribution is 0.0922. The first-order valence-corrected chi connectivity index (χ1v) is 7.39. The average molecular weight is 304 g/mol. The van der Waals surface area contributed by atoms with Gasteiger partial charge in [0.05, 0.1) is 31.1 Å². The second-order valence-electron chi connectivity index (χ2n) is 5.46. The first kappa shape index (κ1) is 14.7. The number of ether oxygens (including phenoxy) is 1. The topological polar surface area (TPSA) is 86.9 Å². The number of methoxy groups -OCH3 is 1. The second kappa shape index (κ2) is 6.27. The van der Waals surface area contributed by atoms with Gasteiger partial charge in [0.15, 0.2) is 0 Å². The highest BCUT2D eigenvalue weighted by molar-refractivity contribution is 5.92. The molecule has 0 bridgehead atoms. The van der Waals surface area contributed by atoms with Crippen molar-refractivity contribution in [1.82, 2.24) is 30.1 Å². The number of nitrogens with zero attached hydrogens (tertiary/aromatic N) is 5. The van der Waals surface area contributed by atoms with Gasteiger partial charge < -0.3 is 10.1 Å². The molecule has 2 heterocycles. The molecule has 1 aliphatic carbocycles. The first-order valence-electron chi connectivity index (χ1n) is 7.39. The first-order chi connectivity index (χ1) is 10.7. The Kier molecular flexibility index (Phi) is 4.19. The van der Waals surface area contributed by atoms with Crippen LogP contribution in [0.5, 0.6) is 0 Å². The van der Waals surface area contributed by atoms with Crippen molar-refractivity contribution in [3.8, 4) is 0 Å². The Bertz CT molecular complexity index is 662. The maximum Gasteiger partial charge on any atom is 0.271 e. The van der Waals surface area contributed by atoms with E-state index in [0.29, 0.717) is 12.3 Å². The predicted octanol–water partition coefficient (Wildman–Crippen LogP) is 0.465. The van der Waals surface area contributed by atoms with E-state index in [1.165, 1.54) is 16.4 Å². The Hall–Kier alpha value is -2.22.